The van der Waals surface area contributed by atoms with Gasteiger partial charge in [0.05, 0.1) is 28.6 Å². The molecule has 5 N–H and O–H groups in total. The average Bonchev–Trinajstić information content (AvgIpc) is 3.54. The molecule has 0 unspecified atom stereocenters. The fourth-order valence-corrected chi connectivity index (χ4v) is 6.32. The molecule has 10 nitrogen and oxygen atoms in total. The van der Waals surface area contributed by atoms with Gasteiger partial charge in [0.2, 0.25) is 0 Å². The summed E-state index contributed by atoms with van der Waals surface area (Å²) in [7, 11) is 2.06. The van der Waals surface area contributed by atoms with Gasteiger partial charge < -0.3 is 35.1 Å². The molecule has 40 heavy (non-hydrogen) atoms. The van der Waals surface area contributed by atoms with E-state index in [2.05, 4.69) is 36.6 Å². The van der Waals surface area contributed by atoms with Crippen LogP contribution in [0.3, 0.4) is 0 Å². The molecule has 3 aromatic heterocycles. The van der Waals surface area contributed by atoms with E-state index < -0.39 is 18.6 Å². The summed E-state index contributed by atoms with van der Waals surface area (Å²) in [4.78, 5) is 18.3. The van der Waals surface area contributed by atoms with Gasteiger partial charge in [-0.3, -0.25) is 0 Å². The number of nitrogen functional groups attached to an aromatic ring is 1. The number of nitrogens with two attached hydrogens (primary N) is 1. The summed E-state index contributed by atoms with van der Waals surface area (Å²) in [5, 5.41) is 22.4. The largest absolute Gasteiger partial charge is 0.573 e. The Morgan fingerprint density at radius 2 is 1.95 bits per heavy atom. The minimum atomic E-state index is -4.74. The lowest BCUT2D eigenvalue weighted by atomic mass is 9.76. The van der Waals surface area contributed by atoms with Crippen LogP contribution in [0.15, 0.2) is 36.8 Å². The van der Waals surface area contributed by atoms with Crippen molar-refractivity contribution in [2.75, 3.05) is 19.3 Å². The third kappa shape index (κ3) is 5.20. The van der Waals surface area contributed by atoms with Crippen LogP contribution in [0.2, 0.25) is 0 Å². The summed E-state index contributed by atoms with van der Waals surface area (Å²) in [6.07, 6.45) is 1.07. The summed E-state index contributed by atoms with van der Waals surface area (Å²) < 4.78 is 43.4. The molecular formula is C27H32F3N7O3. The molecule has 4 atom stereocenters. The fraction of sp³-hybridized carbons (Fsp3) is 0.519. The predicted molar refractivity (Wildman–Crippen MR) is 141 cm³/mol. The summed E-state index contributed by atoms with van der Waals surface area (Å²) in [5.41, 5.74) is 7.73. The van der Waals surface area contributed by atoms with Gasteiger partial charge in [-0.2, -0.15) is 0 Å². The van der Waals surface area contributed by atoms with Crippen LogP contribution in [0, 0.1) is 11.8 Å². The first-order chi connectivity index (χ1) is 19.1. The van der Waals surface area contributed by atoms with E-state index in [0.29, 0.717) is 53.8 Å². The Balaban J connectivity index is 0.999. The number of ether oxygens (including phenoxy) is 1. The number of benzene rings is 1. The number of nitrogens with zero attached hydrogens (tertiary/aromatic N) is 5. The van der Waals surface area contributed by atoms with Crippen LogP contribution < -0.4 is 10.5 Å². The highest BCUT2D eigenvalue weighted by atomic mass is 19.4. The van der Waals surface area contributed by atoms with Crippen molar-refractivity contribution >= 4 is 27.9 Å². The van der Waals surface area contributed by atoms with Crippen molar-refractivity contribution in [2.45, 2.75) is 62.8 Å². The van der Waals surface area contributed by atoms with Crippen LogP contribution >= 0.6 is 0 Å². The molecule has 0 radical (unpaired) electrons. The number of hydrogen-bond acceptors (Lipinski definition) is 8. The number of aryl methyl sites for hydroxylation is 1. The molecule has 0 bridgehead atoms. The van der Waals surface area contributed by atoms with Crippen molar-refractivity contribution in [3.8, 4) is 5.75 Å². The monoisotopic (exact) mass is 559 g/mol. The van der Waals surface area contributed by atoms with Crippen LogP contribution in [0.4, 0.5) is 19.0 Å². The van der Waals surface area contributed by atoms with Crippen molar-refractivity contribution < 1.29 is 28.1 Å². The molecule has 6 rings (SSSR count). The van der Waals surface area contributed by atoms with E-state index in [1.807, 2.05) is 16.8 Å². The minimum Gasteiger partial charge on any atom is -0.406 e. The van der Waals surface area contributed by atoms with Gasteiger partial charge in [0.15, 0.2) is 0 Å². The number of aliphatic hydroxyl groups excluding tert-OH is 2. The normalized spacial score (nSPS) is 27.1. The number of hydrogen-bond donors (Lipinski definition) is 4. The molecule has 214 valence electrons. The number of halogens is 3. The number of aliphatic hydroxyl groups is 2. The third-order valence-corrected chi connectivity index (χ3v) is 8.55. The summed E-state index contributed by atoms with van der Waals surface area (Å²) in [6, 6.07) is 6.04. The van der Waals surface area contributed by atoms with E-state index in [-0.39, 0.29) is 17.7 Å². The first-order valence-corrected chi connectivity index (χ1v) is 13.4. The van der Waals surface area contributed by atoms with E-state index in [1.165, 1.54) is 18.5 Å². The molecule has 2 aliphatic rings. The van der Waals surface area contributed by atoms with Crippen molar-refractivity contribution in [2.24, 2.45) is 11.8 Å². The van der Waals surface area contributed by atoms with Gasteiger partial charge in [0.25, 0.3) is 0 Å². The van der Waals surface area contributed by atoms with Crippen molar-refractivity contribution in [1.82, 2.24) is 29.4 Å². The second-order valence-corrected chi connectivity index (χ2v) is 11.1. The Morgan fingerprint density at radius 3 is 2.73 bits per heavy atom. The topological polar surface area (TPSA) is 138 Å². The maximum Gasteiger partial charge on any atom is 0.573 e. The number of aromatic nitrogens is 5. The quantitative estimate of drug-likeness (QED) is 0.258. The Hall–Kier alpha value is -3.42. The van der Waals surface area contributed by atoms with E-state index >= 15 is 0 Å². The second kappa shape index (κ2) is 10.2. The van der Waals surface area contributed by atoms with Crippen molar-refractivity contribution in [3.05, 3.63) is 42.6 Å². The summed E-state index contributed by atoms with van der Waals surface area (Å²) >= 11 is 0. The molecular weight excluding hydrogens is 527 g/mol. The standard InChI is InChI=1S/C27H32F3N7O3/c1-36(12-15-10-21(24(39)23(15)38)37-7-6-18-25(31)32-13-33-26(18)37)16-8-14(9-16)2-5-22-34-19-4-3-17(11-20(19)35-22)40-27(28,29)30/h3-4,6-7,11,13-16,21,23-24,38-39H,2,5,8-10,12H2,1H3,(H,34,35)(H2,31,32,33)/t14?,15-,16?,21-,23-,24+/m1/s1. The van der Waals surface area contributed by atoms with Crippen LogP contribution in [-0.2, 0) is 6.42 Å². The number of alkyl halides is 3. The van der Waals surface area contributed by atoms with Crippen LogP contribution in [0.1, 0.15) is 37.5 Å². The summed E-state index contributed by atoms with van der Waals surface area (Å²) in [5.74, 6) is 1.29. The number of H-pyrrole nitrogens is 1. The first-order valence-electron chi connectivity index (χ1n) is 13.4. The predicted octanol–water partition coefficient (Wildman–Crippen LogP) is 3.41. The van der Waals surface area contributed by atoms with Gasteiger partial charge in [0, 0.05) is 37.2 Å². The SMILES string of the molecule is CN(C[C@H]1C[C@@H](n2ccc3c(N)ncnc32)[C@H](O)[C@@H]1O)C1CC(CCc2nc3cc(OC(F)(F)F)ccc3[nH]2)C1. The number of imidazole rings is 1. The molecule has 0 amide bonds. The molecule has 0 aliphatic heterocycles. The average molecular weight is 560 g/mol. The van der Waals surface area contributed by atoms with E-state index in [1.54, 1.807) is 6.07 Å². The van der Waals surface area contributed by atoms with Gasteiger partial charge in [0.1, 0.15) is 35.5 Å². The lowest BCUT2D eigenvalue weighted by Gasteiger charge is -2.42. The molecule has 4 aromatic rings. The van der Waals surface area contributed by atoms with Gasteiger partial charge in [-0.05, 0) is 56.8 Å². The van der Waals surface area contributed by atoms with E-state index in [0.717, 1.165) is 30.5 Å². The molecule has 2 fully saturated rings. The Kier molecular flexibility index (Phi) is 6.83. The molecule has 1 aromatic carbocycles. The van der Waals surface area contributed by atoms with Crippen LogP contribution in [0.25, 0.3) is 22.1 Å². The Bertz CT molecular complexity index is 1500. The number of fused-ring (bicyclic) bond motifs is 2. The zero-order valence-corrected chi connectivity index (χ0v) is 21.9. The lowest BCUT2D eigenvalue weighted by molar-refractivity contribution is -0.274. The highest BCUT2D eigenvalue weighted by molar-refractivity contribution is 5.86. The minimum absolute atomic E-state index is 0.0811. The van der Waals surface area contributed by atoms with Crippen molar-refractivity contribution in [3.63, 3.8) is 0 Å². The number of nitrogens with one attached hydrogen (secondary N) is 1. The van der Waals surface area contributed by atoms with Gasteiger partial charge in [-0.25, -0.2) is 15.0 Å². The highest BCUT2D eigenvalue weighted by Crippen LogP contribution is 2.40. The van der Waals surface area contributed by atoms with Gasteiger partial charge in [-0.1, -0.05) is 0 Å². The smallest absolute Gasteiger partial charge is 0.406 e. The third-order valence-electron chi connectivity index (χ3n) is 8.55. The zero-order valence-electron chi connectivity index (χ0n) is 21.9. The van der Waals surface area contributed by atoms with Gasteiger partial charge >= 0.3 is 6.36 Å². The van der Waals surface area contributed by atoms with E-state index in [4.69, 9.17) is 5.73 Å². The Labute approximate surface area is 228 Å². The molecule has 2 aliphatic carbocycles. The molecule has 13 heteroatoms. The number of rotatable bonds is 8. The Morgan fingerprint density at radius 1 is 1.15 bits per heavy atom. The maximum absolute atomic E-state index is 12.5. The van der Waals surface area contributed by atoms with E-state index in [9.17, 15) is 23.4 Å². The molecule has 2 saturated carbocycles. The van der Waals surface area contributed by atoms with Crippen molar-refractivity contribution in [1.29, 1.82) is 0 Å². The number of aromatic amines is 1. The molecule has 0 spiro atoms. The molecule has 3 heterocycles. The van der Waals surface area contributed by atoms with Crippen LogP contribution in [-0.4, -0.2) is 77.8 Å². The maximum atomic E-state index is 12.5. The number of anilines is 1. The zero-order chi connectivity index (χ0) is 28.2. The molecule has 0 saturated heterocycles. The van der Waals surface area contributed by atoms with Gasteiger partial charge in [-0.15, -0.1) is 13.2 Å². The first kappa shape index (κ1) is 26.8. The van der Waals surface area contributed by atoms with Crippen LogP contribution in [0.5, 0.6) is 5.75 Å². The highest BCUT2D eigenvalue weighted by Gasteiger charge is 2.44. The second-order valence-electron chi connectivity index (χ2n) is 11.1. The lowest BCUT2D eigenvalue weighted by Crippen LogP contribution is -2.46. The fourth-order valence-electron chi connectivity index (χ4n) is 6.32. The summed E-state index contributed by atoms with van der Waals surface area (Å²) in [6.45, 7) is 0.675.